The third-order valence-electron chi connectivity index (χ3n) is 4.95. The molecule has 0 radical (unpaired) electrons. The molecule has 0 saturated heterocycles. The molecule has 0 atom stereocenters. The van der Waals surface area contributed by atoms with E-state index in [-0.39, 0.29) is 29.4 Å². The molecule has 4 rings (SSSR count). The predicted molar refractivity (Wildman–Crippen MR) is 120 cm³/mol. The fourth-order valence-electron chi connectivity index (χ4n) is 3.29. The molecule has 0 aliphatic rings. The molecule has 6 nitrogen and oxygen atoms in total. The maximum Gasteiger partial charge on any atom is 0.336 e. The second-order valence-corrected chi connectivity index (χ2v) is 8.41. The summed E-state index contributed by atoms with van der Waals surface area (Å²) in [6, 6.07) is 9.34. The SMILES string of the molecule is Cc1cc(-n2c(=O)c3sccc3n(CC(=O)NCc3ccc(F)cc3Cl)c2=O)ccc1F. The molecule has 0 aliphatic carbocycles. The standard InChI is InChI=1S/C22H16ClF2N3O3S/c1-12-8-15(4-5-17(12)25)28-21(30)20-18(6-7-32-20)27(22(28)31)11-19(29)26-10-13-2-3-14(24)9-16(13)23/h2-9H,10-11H2,1H3,(H,26,29). The van der Waals surface area contributed by atoms with Gasteiger partial charge in [0.15, 0.2) is 0 Å². The zero-order valence-electron chi connectivity index (χ0n) is 16.7. The number of aryl methyl sites for hydroxylation is 1. The van der Waals surface area contributed by atoms with Crippen LogP contribution in [-0.4, -0.2) is 15.0 Å². The van der Waals surface area contributed by atoms with Gasteiger partial charge in [-0.25, -0.2) is 18.1 Å². The van der Waals surface area contributed by atoms with Crippen LogP contribution in [0.5, 0.6) is 0 Å². The normalized spacial score (nSPS) is 11.1. The summed E-state index contributed by atoms with van der Waals surface area (Å²) >= 11 is 7.12. The zero-order valence-corrected chi connectivity index (χ0v) is 18.3. The molecular formula is C22H16ClF2N3O3S. The van der Waals surface area contributed by atoms with Crippen molar-refractivity contribution in [2.75, 3.05) is 0 Å². The summed E-state index contributed by atoms with van der Waals surface area (Å²) in [4.78, 5) is 38.7. The van der Waals surface area contributed by atoms with Crippen molar-refractivity contribution in [3.8, 4) is 5.69 Å². The lowest BCUT2D eigenvalue weighted by atomic mass is 10.2. The minimum Gasteiger partial charge on any atom is -0.350 e. The lowest BCUT2D eigenvalue weighted by Crippen LogP contribution is -2.41. The van der Waals surface area contributed by atoms with Gasteiger partial charge in [-0.3, -0.25) is 14.2 Å². The number of halogens is 3. The van der Waals surface area contributed by atoms with Crippen molar-refractivity contribution in [1.82, 2.24) is 14.5 Å². The van der Waals surface area contributed by atoms with E-state index in [4.69, 9.17) is 11.6 Å². The molecule has 0 bridgehead atoms. The molecule has 0 saturated carbocycles. The molecule has 0 aliphatic heterocycles. The summed E-state index contributed by atoms with van der Waals surface area (Å²) in [6.07, 6.45) is 0. The van der Waals surface area contributed by atoms with Crippen molar-refractivity contribution in [2.45, 2.75) is 20.0 Å². The topological polar surface area (TPSA) is 73.1 Å². The van der Waals surface area contributed by atoms with Crippen molar-refractivity contribution in [1.29, 1.82) is 0 Å². The first kappa shape index (κ1) is 21.9. The maximum atomic E-state index is 13.7. The molecule has 2 aromatic carbocycles. The summed E-state index contributed by atoms with van der Waals surface area (Å²) in [7, 11) is 0. The van der Waals surface area contributed by atoms with Crippen LogP contribution in [0.25, 0.3) is 15.9 Å². The molecule has 10 heteroatoms. The van der Waals surface area contributed by atoms with E-state index in [0.717, 1.165) is 22.0 Å². The Morgan fingerprint density at radius 3 is 2.62 bits per heavy atom. The third-order valence-corrected chi connectivity index (χ3v) is 6.19. The average molecular weight is 476 g/mol. The number of carbonyl (C=O) groups excluding carboxylic acids is 1. The Hall–Kier alpha value is -3.30. The van der Waals surface area contributed by atoms with E-state index >= 15 is 0 Å². The highest BCUT2D eigenvalue weighted by Crippen LogP contribution is 2.18. The van der Waals surface area contributed by atoms with Crippen molar-refractivity contribution < 1.29 is 13.6 Å². The van der Waals surface area contributed by atoms with E-state index in [9.17, 15) is 23.2 Å². The lowest BCUT2D eigenvalue weighted by molar-refractivity contribution is -0.121. The molecule has 32 heavy (non-hydrogen) atoms. The number of fused-ring (bicyclic) bond motifs is 1. The first-order valence-corrected chi connectivity index (χ1v) is 10.7. The summed E-state index contributed by atoms with van der Waals surface area (Å²) in [5, 5.41) is 4.46. The second-order valence-electron chi connectivity index (χ2n) is 7.09. The summed E-state index contributed by atoms with van der Waals surface area (Å²) in [5.74, 6) is -1.45. The average Bonchev–Trinajstić information content (AvgIpc) is 3.23. The van der Waals surface area contributed by atoms with Crippen molar-refractivity contribution in [3.05, 3.63) is 96.5 Å². The van der Waals surface area contributed by atoms with E-state index in [1.165, 1.54) is 41.8 Å². The number of aromatic nitrogens is 2. The van der Waals surface area contributed by atoms with Crippen LogP contribution < -0.4 is 16.6 Å². The van der Waals surface area contributed by atoms with E-state index in [2.05, 4.69) is 5.32 Å². The Kier molecular flexibility index (Phi) is 5.94. The molecule has 164 valence electrons. The third kappa shape index (κ3) is 4.09. The van der Waals surface area contributed by atoms with Crippen LogP contribution in [0.4, 0.5) is 8.78 Å². The van der Waals surface area contributed by atoms with Gasteiger partial charge in [-0.15, -0.1) is 11.3 Å². The molecule has 0 unspecified atom stereocenters. The van der Waals surface area contributed by atoms with E-state index in [1.807, 2.05) is 0 Å². The molecule has 2 heterocycles. The number of amides is 1. The number of nitrogens with zero attached hydrogens (tertiary/aromatic N) is 2. The van der Waals surface area contributed by atoms with E-state index < -0.39 is 28.8 Å². The van der Waals surface area contributed by atoms with Gasteiger partial charge in [-0.1, -0.05) is 17.7 Å². The Balaban J connectivity index is 1.70. The maximum absolute atomic E-state index is 13.7. The van der Waals surface area contributed by atoms with Crippen LogP contribution in [0, 0.1) is 18.6 Å². The molecule has 2 aromatic heterocycles. The number of hydrogen-bond donors (Lipinski definition) is 1. The van der Waals surface area contributed by atoms with Gasteiger partial charge < -0.3 is 5.32 Å². The van der Waals surface area contributed by atoms with Gasteiger partial charge in [0.05, 0.1) is 11.2 Å². The number of rotatable bonds is 5. The van der Waals surface area contributed by atoms with E-state index in [1.54, 1.807) is 11.4 Å². The Labute approximate surface area is 189 Å². The summed E-state index contributed by atoms with van der Waals surface area (Å²) in [5.41, 5.74) is 0.0703. The predicted octanol–water partition coefficient (Wildman–Crippen LogP) is 3.77. The smallest absolute Gasteiger partial charge is 0.336 e. The number of benzene rings is 2. The van der Waals surface area contributed by atoms with Gasteiger partial charge in [0.25, 0.3) is 5.56 Å². The molecule has 4 aromatic rings. The highest BCUT2D eigenvalue weighted by Gasteiger charge is 2.18. The number of hydrogen-bond acceptors (Lipinski definition) is 4. The Morgan fingerprint density at radius 2 is 1.91 bits per heavy atom. The first-order chi connectivity index (χ1) is 15.3. The molecular weight excluding hydrogens is 460 g/mol. The van der Waals surface area contributed by atoms with Gasteiger partial charge in [0, 0.05) is 11.6 Å². The van der Waals surface area contributed by atoms with Crippen LogP contribution in [0.1, 0.15) is 11.1 Å². The van der Waals surface area contributed by atoms with Crippen LogP contribution >= 0.6 is 22.9 Å². The van der Waals surface area contributed by atoms with Gasteiger partial charge in [-0.05, 0) is 59.8 Å². The minimum atomic E-state index is -0.720. The van der Waals surface area contributed by atoms with Gasteiger partial charge in [-0.2, -0.15) is 0 Å². The van der Waals surface area contributed by atoms with Crippen LogP contribution in [-0.2, 0) is 17.9 Å². The van der Waals surface area contributed by atoms with Crippen molar-refractivity contribution in [3.63, 3.8) is 0 Å². The van der Waals surface area contributed by atoms with Gasteiger partial charge >= 0.3 is 5.69 Å². The van der Waals surface area contributed by atoms with Crippen LogP contribution in [0.3, 0.4) is 0 Å². The summed E-state index contributed by atoms with van der Waals surface area (Å²) in [6.45, 7) is 1.21. The van der Waals surface area contributed by atoms with Gasteiger partial charge in [0.1, 0.15) is 22.9 Å². The van der Waals surface area contributed by atoms with Crippen LogP contribution in [0.2, 0.25) is 5.02 Å². The second kappa shape index (κ2) is 8.68. The highest BCUT2D eigenvalue weighted by molar-refractivity contribution is 7.17. The summed E-state index contributed by atoms with van der Waals surface area (Å²) < 4.78 is 29.3. The largest absolute Gasteiger partial charge is 0.350 e. The number of thiophene rings is 1. The fourth-order valence-corrected chi connectivity index (χ4v) is 4.35. The highest BCUT2D eigenvalue weighted by atomic mass is 35.5. The minimum absolute atomic E-state index is 0.0380. The van der Waals surface area contributed by atoms with Crippen LogP contribution in [0.15, 0.2) is 57.4 Å². The number of carbonyl (C=O) groups is 1. The Bertz CT molecular complexity index is 1480. The zero-order chi connectivity index (χ0) is 23.0. The molecule has 0 spiro atoms. The van der Waals surface area contributed by atoms with Crippen molar-refractivity contribution in [2.24, 2.45) is 0 Å². The lowest BCUT2D eigenvalue weighted by Gasteiger charge is -2.13. The molecule has 1 amide bonds. The van der Waals surface area contributed by atoms with E-state index in [0.29, 0.717) is 15.8 Å². The Morgan fingerprint density at radius 1 is 1.12 bits per heavy atom. The first-order valence-electron chi connectivity index (χ1n) is 9.46. The molecule has 0 fully saturated rings. The van der Waals surface area contributed by atoms with Gasteiger partial charge in [0.2, 0.25) is 5.91 Å². The van der Waals surface area contributed by atoms with Crippen molar-refractivity contribution >= 4 is 39.1 Å². The quantitative estimate of drug-likeness (QED) is 0.477. The molecule has 1 N–H and O–H groups in total. The monoisotopic (exact) mass is 475 g/mol. The fraction of sp³-hybridized carbons (Fsp3) is 0.136. The number of nitrogens with one attached hydrogen (secondary N) is 1.